The molecule has 2 heterocycles. The lowest BCUT2D eigenvalue weighted by Crippen LogP contribution is -2.45. The highest BCUT2D eigenvalue weighted by atomic mass is 35.5. The predicted octanol–water partition coefficient (Wildman–Crippen LogP) is 2.62. The first-order valence-electron chi connectivity index (χ1n) is 6.92. The van der Waals surface area contributed by atoms with Crippen molar-refractivity contribution in [3.05, 3.63) is 28.3 Å². The van der Waals surface area contributed by atoms with Gasteiger partial charge in [-0.15, -0.1) is 0 Å². The molecule has 104 valence electrons. The average Bonchev–Trinajstić information content (AvgIpc) is 2.75. The van der Waals surface area contributed by atoms with Crippen molar-refractivity contribution in [2.45, 2.75) is 38.3 Å². The number of fused-ring (bicyclic) bond motifs is 1. The van der Waals surface area contributed by atoms with Crippen molar-refractivity contribution in [1.82, 2.24) is 4.90 Å². The number of benzene rings is 1. The molecule has 0 aliphatic carbocycles. The molecule has 1 fully saturated rings. The first-order chi connectivity index (χ1) is 9.03. The minimum atomic E-state index is -0.569. The van der Waals surface area contributed by atoms with Gasteiger partial charge >= 0.3 is 0 Å². The van der Waals surface area contributed by atoms with Crippen molar-refractivity contribution >= 4 is 11.6 Å². The molecule has 4 heteroatoms. The zero-order chi connectivity index (χ0) is 13.5. The van der Waals surface area contributed by atoms with Crippen LogP contribution in [0.15, 0.2) is 12.1 Å². The molecule has 0 saturated carbocycles. The van der Waals surface area contributed by atoms with E-state index < -0.39 is 5.60 Å². The van der Waals surface area contributed by atoms with Gasteiger partial charge in [0.1, 0.15) is 5.75 Å². The van der Waals surface area contributed by atoms with Crippen LogP contribution in [0.4, 0.5) is 0 Å². The molecule has 2 aliphatic rings. The monoisotopic (exact) mass is 281 g/mol. The van der Waals surface area contributed by atoms with Gasteiger partial charge in [-0.05, 0) is 44.0 Å². The fraction of sp³-hybridized carbons (Fsp3) is 0.600. The molecule has 0 bridgehead atoms. The Balaban J connectivity index is 1.80. The maximum absolute atomic E-state index is 10.2. The summed E-state index contributed by atoms with van der Waals surface area (Å²) in [6, 6.07) is 3.99. The molecule has 2 aliphatic heterocycles. The highest BCUT2D eigenvalue weighted by molar-refractivity contribution is 6.30. The molecule has 0 aromatic heterocycles. The van der Waals surface area contributed by atoms with Gasteiger partial charge in [-0.1, -0.05) is 11.6 Å². The van der Waals surface area contributed by atoms with Crippen LogP contribution < -0.4 is 4.74 Å². The molecule has 1 aromatic carbocycles. The van der Waals surface area contributed by atoms with E-state index in [9.17, 15) is 5.11 Å². The Hall–Kier alpha value is -0.770. The van der Waals surface area contributed by atoms with Gasteiger partial charge in [0, 0.05) is 30.1 Å². The minimum Gasteiger partial charge on any atom is -0.493 e. The van der Waals surface area contributed by atoms with Crippen LogP contribution in [-0.4, -0.2) is 35.3 Å². The van der Waals surface area contributed by atoms with Crippen LogP contribution in [-0.2, 0) is 13.0 Å². The molecule has 1 aromatic rings. The summed E-state index contributed by atoms with van der Waals surface area (Å²) in [6.07, 6.45) is 2.87. The highest BCUT2D eigenvalue weighted by Gasteiger charge is 2.29. The standard InChI is InChI=1S/C15H20ClNO2/c1-15(18)4-2-5-17(10-15)9-12-8-13(16)7-11-3-6-19-14(11)12/h7-8,18H,2-6,9-10H2,1H3. The van der Waals surface area contributed by atoms with Crippen LogP contribution in [0.3, 0.4) is 0 Å². The smallest absolute Gasteiger partial charge is 0.127 e. The van der Waals surface area contributed by atoms with Gasteiger partial charge in [-0.2, -0.15) is 0 Å². The van der Waals surface area contributed by atoms with E-state index in [1.165, 1.54) is 5.56 Å². The van der Waals surface area contributed by atoms with E-state index >= 15 is 0 Å². The fourth-order valence-electron chi connectivity index (χ4n) is 3.16. The summed E-state index contributed by atoms with van der Waals surface area (Å²) < 4.78 is 5.73. The Bertz CT molecular complexity index is 487. The summed E-state index contributed by atoms with van der Waals surface area (Å²) in [5, 5.41) is 11.0. The predicted molar refractivity (Wildman–Crippen MR) is 75.8 cm³/mol. The first-order valence-corrected chi connectivity index (χ1v) is 7.30. The van der Waals surface area contributed by atoms with Gasteiger partial charge < -0.3 is 9.84 Å². The van der Waals surface area contributed by atoms with Crippen molar-refractivity contribution < 1.29 is 9.84 Å². The molecule has 19 heavy (non-hydrogen) atoms. The summed E-state index contributed by atoms with van der Waals surface area (Å²) in [5.41, 5.74) is 1.80. The van der Waals surface area contributed by atoms with Crippen molar-refractivity contribution in [2.24, 2.45) is 0 Å². The molecule has 0 spiro atoms. The molecule has 0 radical (unpaired) electrons. The molecular weight excluding hydrogens is 262 g/mol. The van der Waals surface area contributed by atoms with E-state index in [0.717, 1.165) is 55.3 Å². The number of halogens is 1. The second-order valence-electron chi connectivity index (χ2n) is 5.96. The molecule has 3 rings (SSSR count). The molecule has 1 N–H and O–H groups in total. The van der Waals surface area contributed by atoms with Crippen LogP contribution in [0.5, 0.6) is 5.75 Å². The van der Waals surface area contributed by atoms with Gasteiger partial charge in [-0.3, -0.25) is 4.90 Å². The molecular formula is C15H20ClNO2. The van der Waals surface area contributed by atoms with Gasteiger partial charge in [-0.25, -0.2) is 0 Å². The summed E-state index contributed by atoms with van der Waals surface area (Å²) in [4.78, 5) is 2.29. The molecule has 1 unspecified atom stereocenters. The quantitative estimate of drug-likeness (QED) is 0.905. The van der Waals surface area contributed by atoms with Gasteiger partial charge in [0.2, 0.25) is 0 Å². The Kier molecular flexibility index (Phi) is 3.46. The lowest BCUT2D eigenvalue weighted by atomic mass is 9.94. The Morgan fingerprint density at radius 2 is 2.32 bits per heavy atom. The zero-order valence-corrected chi connectivity index (χ0v) is 12.0. The van der Waals surface area contributed by atoms with Crippen LogP contribution in [0.1, 0.15) is 30.9 Å². The van der Waals surface area contributed by atoms with Crippen molar-refractivity contribution in [2.75, 3.05) is 19.7 Å². The number of piperidine rings is 1. The molecule has 1 atom stereocenters. The van der Waals surface area contributed by atoms with Gasteiger partial charge in [0.05, 0.1) is 12.2 Å². The largest absolute Gasteiger partial charge is 0.493 e. The third-order valence-electron chi connectivity index (χ3n) is 3.97. The average molecular weight is 282 g/mol. The molecule has 1 saturated heterocycles. The zero-order valence-electron chi connectivity index (χ0n) is 11.3. The number of hydrogen-bond donors (Lipinski definition) is 1. The van der Waals surface area contributed by atoms with E-state index in [-0.39, 0.29) is 0 Å². The number of hydrogen-bond acceptors (Lipinski definition) is 3. The lowest BCUT2D eigenvalue weighted by molar-refractivity contribution is -0.0183. The maximum atomic E-state index is 10.2. The number of ether oxygens (including phenoxy) is 1. The minimum absolute atomic E-state index is 0.569. The number of nitrogens with zero attached hydrogens (tertiary/aromatic N) is 1. The SMILES string of the molecule is CC1(O)CCCN(Cc2cc(Cl)cc3c2OCC3)C1. The van der Waals surface area contributed by atoms with E-state index in [0.29, 0.717) is 6.54 Å². The molecule has 3 nitrogen and oxygen atoms in total. The van der Waals surface area contributed by atoms with Crippen LogP contribution >= 0.6 is 11.6 Å². The van der Waals surface area contributed by atoms with Crippen molar-refractivity contribution in [3.63, 3.8) is 0 Å². The van der Waals surface area contributed by atoms with Crippen molar-refractivity contribution in [3.8, 4) is 5.75 Å². The fourth-order valence-corrected chi connectivity index (χ4v) is 3.43. The lowest BCUT2D eigenvalue weighted by Gasteiger charge is -2.37. The normalized spacial score (nSPS) is 27.1. The van der Waals surface area contributed by atoms with E-state index in [1.54, 1.807) is 0 Å². The third-order valence-corrected chi connectivity index (χ3v) is 4.19. The van der Waals surface area contributed by atoms with E-state index in [1.807, 2.05) is 19.1 Å². The van der Waals surface area contributed by atoms with Crippen LogP contribution in [0, 0.1) is 0 Å². The number of likely N-dealkylation sites (tertiary alicyclic amines) is 1. The summed E-state index contributed by atoms with van der Waals surface area (Å²) in [6.45, 7) is 5.21. The second kappa shape index (κ2) is 4.97. The second-order valence-corrected chi connectivity index (χ2v) is 6.40. The van der Waals surface area contributed by atoms with Gasteiger partial charge in [0.25, 0.3) is 0 Å². The Labute approximate surface area is 119 Å². The van der Waals surface area contributed by atoms with Crippen LogP contribution in [0.2, 0.25) is 5.02 Å². The summed E-state index contributed by atoms with van der Waals surface area (Å²) in [7, 11) is 0. The highest BCUT2D eigenvalue weighted by Crippen LogP contribution is 2.34. The number of rotatable bonds is 2. The number of β-amino-alcohol motifs (C(OH)–C–C–N with tert-alkyl or cyclic N) is 1. The Morgan fingerprint density at radius 1 is 1.47 bits per heavy atom. The van der Waals surface area contributed by atoms with Gasteiger partial charge in [0.15, 0.2) is 0 Å². The van der Waals surface area contributed by atoms with Crippen molar-refractivity contribution in [1.29, 1.82) is 0 Å². The van der Waals surface area contributed by atoms with E-state index in [2.05, 4.69) is 4.90 Å². The maximum Gasteiger partial charge on any atom is 0.127 e. The molecule has 0 amide bonds. The van der Waals surface area contributed by atoms with E-state index in [4.69, 9.17) is 16.3 Å². The third kappa shape index (κ3) is 2.88. The summed E-state index contributed by atoms with van der Waals surface area (Å²) in [5.74, 6) is 1.01. The summed E-state index contributed by atoms with van der Waals surface area (Å²) >= 11 is 6.18. The number of aliphatic hydroxyl groups is 1. The Morgan fingerprint density at radius 3 is 3.11 bits per heavy atom. The first kappa shape index (κ1) is 13.2. The topological polar surface area (TPSA) is 32.7 Å². The van der Waals surface area contributed by atoms with Crippen LogP contribution in [0.25, 0.3) is 0 Å².